The van der Waals surface area contributed by atoms with Crippen molar-refractivity contribution in [1.82, 2.24) is 5.32 Å². The Hall–Kier alpha value is -0.160. The average Bonchev–Trinajstić information content (AvgIpc) is 2.84. The quantitative estimate of drug-likeness (QED) is 0.625. The summed E-state index contributed by atoms with van der Waals surface area (Å²) < 4.78 is 2.34. The first-order valence-corrected chi connectivity index (χ1v) is 9.79. The Bertz CT molecular complexity index is 604. The van der Waals surface area contributed by atoms with Crippen LogP contribution in [0.4, 0.5) is 0 Å². The van der Waals surface area contributed by atoms with Gasteiger partial charge in [-0.1, -0.05) is 24.3 Å². The van der Waals surface area contributed by atoms with E-state index in [4.69, 9.17) is 0 Å². The Morgan fingerprint density at radius 3 is 2.86 bits per heavy atom. The third-order valence-corrected chi connectivity index (χ3v) is 7.74. The van der Waals surface area contributed by atoms with E-state index in [1.54, 1.807) is 11.1 Å². The van der Waals surface area contributed by atoms with Gasteiger partial charge in [0.05, 0.1) is 3.79 Å². The van der Waals surface area contributed by atoms with Crippen molar-refractivity contribution in [3.63, 3.8) is 0 Å². The number of nitrogens with one attached hydrogen (secondary N) is 1. The first kappa shape index (κ1) is 15.7. The Labute approximate surface area is 147 Å². The monoisotopic (exact) mass is 427 g/mol. The van der Waals surface area contributed by atoms with Gasteiger partial charge >= 0.3 is 0 Å². The SMILES string of the molecule is CNC(CC1CCCc2ccccc21)c1cc(Br)c(Br)s1. The molecule has 1 aromatic carbocycles. The average molecular weight is 429 g/mol. The predicted molar refractivity (Wildman–Crippen MR) is 98.3 cm³/mol. The summed E-state index contributed by atoms with van der Waals surface area (Å²) in [6.07, 6.45) is 5.04. The van der Waals surface area contributed by atoms with Crippen molar-refractivity contribution in [1.29, 1.82) is 0 Å². The van der Waals surface area contributed by atoms with E-state index in [2.05, 4.69) is 74.6 Å². The fourth-order valence-corrected chi connectivity index (χ4v) is 5.51. The highest BCUT2D eigenvalue weighted by atomic mass is 79.9. The van der Waals surface area contributed by atoms with Crippen molar-refractivity contribution >= 4 is 43.2 Å². The van der Waals surface area contributed by atoms with Crippen LogP contribution in [0.15, 0.2) is 38.6 Å². The van der Waals surface area contributed by atoms with Crippen LogP contribution in [0.1, 0.15) is 47.2 Å². The molecule has 0 radical (unpaired) electrons. The van der Waals surface area contributed by atoms with Gasteiger partial charge in [0, 0.05) is 15.4 Å². The van der Waals surface area contributed by atoms with Gasteiger partial charge in [-0.15, -0.1) is 11.3 Å². The fourth-order valence-electron chi connectivity index (χ4n) is 3.30. The van der Waals surface area contributed by atoms with Crippen molar-refractivity contribution in [2.24, 2.45) is 0 Å². The summed E-state index contributed by atoms with van der Waals surface area (Å²) in [5.74, 6) is 0.673. The van der Waals surface area contributed by atoms with Gasteiger partial charge in [0.2, 0.25) is 0 Å². The topological polar surface area (TPSA) is 12.0 Å². The van der Waals surface area contributed by atoms with Crippen LogP contribution >= 0.6 is 43.2 Å². The van der Waals surface area contributed by atoms with E-state index in [0.717, 1.165) is 4.47 Å². The van der Waals surface area contributed by atoms with Crippen LogP contribution < -0.4 is 5.32 Å². The van der Waals surface area contributed by atoms with Crippen LogP contribution in [-0.4, -0.2) is 7.05 Å². The minimum atomic E-state index is 0.425. The minimum Gasteiger partial charge on any atom is -0.312 e. The molecule has 0 amide bonds. The summed E-state index contributed by atoms with van der Waals surface area (Å²) in [6.45, 7) is 0. The lowest BCUT2D eigenvalue weighted by atomic mass is 9.79. The van der Waals surface area contributed by atoms with E-state index < -0.39 is 0 Å². The maximum atomic E-state index is 3.61. The van der Waals surface area contributed by atoms with Gasteiger partial charge in [0.15, 0.2) is 0 Å². The molecule has 1 N–H and O–H groups in total. The molecule has 0 aliphatic heterocycles. The molecule has 4 heteroatoms. The molecule has 112 valence electrons. The molecule has 2 aromatic rings. The predicted octanol–water partition coefficient (Wildman–Crippen LogP) is 6.04. The fraction of sp³-hybridized carbons (Fsp3) is 0.412. The minimum absolute atomic E-state index is 0.425. The molecule has 21 heavy (non-hydrogen) atoms. The summed E-state index contributed by atoms with van der Waals surface area (Å²) in [5, 5.41) is 3.51. The summed E-state index contributed by atoms with van der Waals surface area (Å²) in [6, 6.07) is 11.6. The maximum Gasteiger partial charge on any atom is 0.0843 e. The van der Waals surface area contributed by atoms with Gasteiger partial charge in [-0.2, -0.15) is 0 Å². The zero-order valence-electron chi connectivity index (χ0n) is 12.0. The van der Waals surface area contributed by atoms with E-state index >= 15 is 0 Å². The zero-order chi connectivity index (χ0) is 14.8. The first-order valence-electron chi connectivity index (χ1n) is 7.39. The highest BCUT2D eigenvalue weighted by Crippen LogP contribution is 2.41. The van der Waals surface area contributed by atoms with Crippen LogP contribution in [0.5, 0.6) is 0 Å². The molecular formula is C17H19Br2NS. The molecule has 0 bridgehead atoms. The third kappa shape index (κ3) is 3.44. The number of halogens is 2. The normalized spacial score (nSPS) is 19.3. The van der Waals surface area contributed by atoms with Crippen molar-refractivity contribution < 1.29 is 0 Å². The molecule has 2 unspecified atom stereocenters. The molecule has 1 aromatic heterocycles. The molecular weight excluding hydrogens is 410 g/mol. The smallest absolute Gasteiger partial charge is 0.0843 e. The van der Waals surface area contributed by atoms with Crippen LogP contribution in [0.3, 0.4) is 0 Å². The number of hydrogen-bond donors (Lipinski definition) is 1. The van der Waals surface area contributed by atoms with Crippen molar-refractivity contribution in [3.05, 3.63) is 54.6 Å². The molecule has 0 spiro atoms. The largest absolute Gasteiger partial charge is 0.312 e. The second-order valence-electron chi connectivity index (χ2n) is 5.64. The van der Waals surface area contributed by atoms with Crippen molar-refractivity contribution in [3.8, 4) is 0 Å². The highest BCUT2D eigenvalue weighted by Gasteiger charge is 2.24. The number of thiophene rings is 1. The van der Waals surface area contributed by atoms with E-state index in [9.17, 15) is 0 Å². The van der Waals surface area contributed by atoms with E-state index in [0.29, 0.717) is 12.0 Å². The number of fused-ring (bicyclic) bond motifs is 1. The number of hydrogen-bond acceptors (Lipinski definition) is 2. The Kier molecular flexibility index (Phi) is 5.20. The number of rotatable bonds is 4. The van der Waals surface area contributed by atoms with Gasteiger partial charge in [-0.05, 0) is 87.7 Å². The third-order valence-electron chi connectivity index (χ3n) is 4.37. The summed E-state index contributed by atoms with van der Waals surface area (Å²) in [5.41, 5.74) is 3.12. The lowest BCUT2D eigenvalue weighted by Gasteiger charge is -2.28. The van der Waals surface area contributed by atoms with E-state index in [1.165, 1.54) is 34.3 Å². The van der Waals surface area contributed by atoms with Crippen LogP contribution in [0, 0.1) is 0 Å². The zero-order valence-corrected chi connectivity index (χ0v) is 16.0. The molecule has 1 aliphatic rings. The molecule has 1 nitrogen and oxygen atoms in total. The summed E-state index contributed by atoms with van der Waals surface area (Å²) >= 11 is 9.03. The van der Waals surface area contributed by atoms with Crippen molar-refractivity contribution in [2.75, 3.05) is 7.05 Å². The van der Waals surface area contributed by atoms with Crippen LogP contribution in [0.25, 0.3) is 0 Å². The second kappa shape index (κ2) is 6.95. The van der Waals surface area contributed by atoms with Crippen molar-refractivity contribution in [2.45, 2.75) is 37.6 Å². The molecule has 3 rings (SSSR count). The molecule has 2 atom stereocenters. The van der Waals surface area contributed by atoms with Gasteiger partial charge < -0.3 is 5.32 Å². The number of aryl methyl sites for hydroxylation is 1. The van der Waals surface area contributed by atoms with Crippen LogP contribution in [-0.2, 0) is 6.42 Å². The van der Waals surface area contributed by atoms with Crippen LogP contribution in [0.2, 0.25) is 0 Å². The molecule has 1 aliphatic carbocycles. The Morgan fingerprint density at radius 1 is 1.33 bits per heavy atom. The molecule has 1 heterocycles. The number of benzene rings is 1. The second-order valence-corrected chi connectivity index (χ2v) is 8.89. The highest BCUT2D eigenvalue weighted by molar-refractivity contribution is 9.13. The van der Waals surface area contributed by atoms with E-state index in [-0.39, 0.29) is 0 Å². The van der Waals surface area contributed by atoms with Gasteiger partial charge in [0.1, 0.15) is 0 Å². The lowest BCUT2D eigenvalue weighted by molar-refractivity contribution is 0.444. The Morgan fingerprint density at radius 2 is 2.14 bits per heavy atom. The van der Waals surface area contributed by atoms with E-state index in [1.807, 2.05) is 11.3 Å². The molecule has 0 saturated heterocycles. The summed E-state index contributed by atoms with van der Waals surface area (Å²) in [4.78, 5) is 1.40. The standard InChI is InChI=1S/C17H19Br2NS/c1-20-15(16-10-14(18)17(19)21-16)9-12-7-4-6-11-5-2-3-8-13(11)12/h2-3,5,8,10,12,15,20H,4,6-7,9H2,1H3. The first-order chi connectivity index (χ1) is 10.2. The molecule has 0 saturated carbocycles. The Balaban J connectivity index is 1.82. The molecule has 0 fully saturated rings. The van der Waals surface area contributed by atoms with Gasteiger partial charge in [0.25, 0.3) is 0 Å². The lowest BCUT2D eigenvalue weighted by Crippen LogP contribution is -2.20. The summed E-state index contributed by atoms with van der Waals surface area (Å²) in [7, 11) is 2.07. The van der Waals surface area contributed by atoms with Gasteiger partial charge in [-0.3, -0.25) is 0 Å². The maximum absolute atomic E-state index is 3.61. The van der Waals surface area contributed by atoms with Gasteiger partial charge in [-0.25, -0.2) is 0 Å².